The van der Waals surface area contributed by atoms with Crippen LogP contribution in [0.5, 0.6) is 0 Å². The van der Waals surface area contributed by atoms with Gasteiger partial charge in [-0.2, -0.15) is 0 Å². The molecule has 2 rings (SSSR count). The van der Waals surface area contributed by atoms with Gasteiger partial charge in [0.25, 0.3) is 0 Å². The van der Waals surface area contributed by atoms with E-state index >= 15 is 0 Å². The number of nitrogens with two attached hydrogens (primary N) is 1. The number of carboxylic acids is 1. The number of aliphatic carboxylic acids is 1. The molecule has 80 valence electrons. The zero-order valence-corrected chi connectivity index (χ0v) is 8.54. The van der Waals surface area contributed by atoms with E-state index in [2.05, 4.69) is 0 Å². The van der Waals surface area contributed by atoms with Crippen LogP contribution in [0, 0.1) is 17.3 Å². The highest BCUT2D eigenvalue weighted by molar-refractivity contribution is 5.68. The minimum atomic E-state index is -0.681. The monoisotopic (exact) mass is 197 g/mol. The first-order valence-corrected chi connectivity index (χ1v) is 5.60. The number of hydrogen-bond donors (Lipinski definition) is 2. The van der Waals surface area contributed by atoms with Gasteiger partial charge in [-0.05, 0) is 36.6 Å². The second-order valence-electron chi connectivity index (χ2n) is 4.99. The fourth-order valence-electron chi connectivity index (χ4n) is 3.58. The molecule has 0 aromatic rings. The summed E-state index contributed by atoms with van der Waals surface area (Å²) in [6.45, 7) is 0.556. The molecule has 2 aliphatic carbocycles. The Kier molecular flexibility index (Phi) is 2.52. The first kappa shape index (κ1) is 9.97. The van der Waals surface area contributed by atoms with Crippen LogP contribution < -0.4 is 5.73 Å². The maximum atomic E-state index is 10.8. The summed E-state index contributed by atoms with van der Waals surface area (Å²) in [7, 11) is 0. The van der Waals surface area contributed by atoms with Gasteiger partial charge in [-0.1, -0.05) is 19.3 Å². The van der Waals surface area contributed by atoms with E-state index in [0.29, 0.717) is 12.5 Å². The Morgan fingerprint density at radius 2 is 2.14 bits per heavy atom. The van der Waals surface area contributed by atoms with Crippen molar-refractivity contribution in [2.24, 2.45) is 23.0 Å². The fraction of sp³-hybridized carbons (Fsp3) is 0.909. The van der Waals surface area contributed by atoms with Crippen LogP contribution in [0.4, 0.5) is 0 Å². The predicted octanol–water partition coefficient (Wildman–Crippen LogP) is 1.62. The molecule has 3 heteroatoms. The highest BCUT2D eigenvalue weighted by Gasteiger charge is 2.53. The number of carbonyl (C=O) groups is 1. The molecule has 3 N–H and O–H groups in total. The molecule has 0 spiro atoms. The number of carboxylic acid groups (broad SMARTS) is 1. The van der Waals surface area contributed by atoms with Crippen LogP contribution in [0.3, 0.4) is 0 Å². The molecule has 2 aliphatic rings. The van der Waals surface area contributed by atoms with Crippen molar-refractivity contribution < 1.29 is 9.90 Å². The molecular weight excluding hydrogens is 178 g/mol. The van der Waals surface area contributed by atoms with Gasteiger partial charge in [-0.3, -0.25) is 4.79 Å². The smallest absolute Gasteiger partial charge is 0.303 e. The average Bonchev–Trinajstić information content (AvgIpc) is 2.13. The Bertz CT molecular complexity index is 241. The number of fused-ring (bicyclic) bond motifs is 1. The summed E-state index contributed by atoms with van der Waals surface area (Å²) in [6.07, 6.45) is 6.43. The highest BCUT2D eigenvalue weighted by atomic mass is 16.4. The molecule has 14 heavy (non-hydrogen) atoms. The van der Waals surface area contributed by atoms with Crippen molar-refractivity contribution in [1.29, 1.82) is 0 Å². The van der Waals surface area contributed by atoms with Crippen molar-refractivity contribution in [2.45, 2.75) is 38.5 Å². The van der Waals surface area contributed by atoms with Gasteiger partial charge in [0, 0.05) is 0 Å². The van der Waals surface area contributed by atoms with Crippen molar-refractivity contribution in [2.75, 3.05) is 6.54 Å². The van der Waals surface area contributed by atoms with Gasteiger partial charge in [0.2, 0.25) is 0 Å². The molecule has 0 radical (unpaired) electrons. The largest absolute Gasteiger partial charge is 0.481 e. The lowest BCUT2D eigenvalue weighted by atomic mass is 9.48. The lowest BCUT2D eigenvalue weighted by Crippen LogP contribution is -2.54. The van der Waals surface area contributed by atoms with Gasteiger partial charge in [0.05, 0.1) is 6.42 Å². The summed E-state index contributed by atoms with van der Waals surface area (Å²) in [5, 5.41) is 8.88. The van der Waals surface area contributed by atoms with Crippen LogP contribution in [0.1, 0.15) is 38.5 Å². The lowest BCUT2D eigenvalue weighted by Gasteiger charge is -2.57. The number of hydrogen-bond acceptors (Lipinski definition) is 2. The van der Waals surface area contributed by atoms with Crippen LogP contribution >= 0.6 is 0 Å². The fourth-order valence-corrected chi connectivity index (χ4v) is 3.58. The summed E-state index contributed by atoms with van der Waals surface area (Å²) >= 11 is 0. The number of rotatable bonds is 3. The molecule has 0 aliphatic heterocycles. The standard InChI is InChI=1S/C11H19NO2/c12-7-11(6-10(13)14)5-8-3-1-2-4-9(8)11/h8-9H,1-7,12H2,(H,13,14)/t8?,9-,11-/m0/s1. The highest BCUT2D eigenvalue weighted by Crippen LogP contribution is 2.58. The van der Waals surface area contributed by atoms with E-state index in [0.717, 1.165) is 12.3 Å². The molecule has 0 heterocycles. The molecule has 0 bridgehead atoms. The second-order valence-corrected chi connectivity index (χ2v) is 4.99. The second kappa shape index (κ2) is 3.54. The first-order chi connectivity index (χ1) is 6.68. The Labute approximate surface area is 84.7 Å². The predicted molar refractivity (Wildman–Crippen MR) is 53.8 cm³/mol. The minimum absolute atomic E-state index is 0.0447. The molecule has 1 unspecified atom stereocenters. The molecule has 0 aromatic heterocycles. The average molecular weight is 197 g/mol. The molecule has 2 fully saturated rings. The van der Waals surface area contributed by atoms with Crippen LogP contribution in [-0.2, 0) is 4.79 Å². The van der Waals surface area contributed by atoms with E-state index in [4.69, 9.17) is 10.8 Å². The Hall–Kier alpha value is -0.570. The van der Waals surface area contributed by atoms with Crippen LogP contribution in [0.2, 0.25) is 0 Å². The van der Waals surface area contributed by atoms with E-state index in [1.165, 1.54) is 25.7 Å². The van der Waals surface area contributed by atoms with Crippen molar-refractivity contribution >= 4 is 5.97 Å². The van der Waals surface area contributed by atoms with Gasteiger partial charge in [0.1, 0.15) is 0 Å². The van der Waals surface area contributed by atoms with E-state index in [9.17, 15) is 4.79 Å². The maximum Gasteiger partial charge on any atom is 0.303 e. The third kappa shape index (κ3) is 1.44. The molecule has 0 amide bonds. The zero-order chi connectivity index (χ0) is 10.2. The molecule has 0 saturated heterocycles. The van der Waals surface area contributed by atoms with E-state index in [-0.39, 0.29) is 11.8 Å². The Morgan fingerprint density at radius 3 is 2.71 bits per heavy atom. The quantitative estimate of drug-likeness (QED) is 0.722. The maximum absolute atomic E-state index is 10.8. The third-order valence-corrected chi connectivity index (χ3v) is 4.27. The minimum Gasteiger partial charge on any atom is -0.481 e. The van der Waals surface area contributed by atoms with Gasteiger partial charge >= 0.3 is 5.97 Å². The molecule has 2 saturated carbocycles. The summed E-state index contributed by atoms with van der Waals surface area (Å²) in [5.41, 5.74) is 5.72. The van der Waals surface area contributed by atoms with Crippen molar-refractivity contribution in [1.82, 2.24) is 0 Å². The normalized spacial score (nSPS) is 41.2. The van der Waals surface area contributed by atoms with Gasteiger partial charge in [0.15, 0.2) is 0 Å². The molecule has 0 aromatic carbocycles. The summed E-state index contributed by atoms with van der Waals surface area (Å²) < 4.78 is 0. The summed E-state index contributed by atoms with van der Waals surface area (Å²) in [5.74, 6) is 0.712. The van der Waals surface area contributed by atoms with Crippen LogP contribution in [0.15, 0.2) is 0 Å². The van der Waals surface area contributed by atoms with Gasteiger partial charge in [-0.25, -0.2) is 0 Å². The van der Waals surface area contributed by atoms with Crippen molar-refractivity contribution in [3.63, 3.8) is 0 Å². The van der Waals surface area contributed by atoms with Crippen molar-refractivity contribution in [3.05, 3.63) is 0 Å². The summed E-state index contributed by atoms with van der Waals surface area (Å²) in [4.78, 5) is 10.8. The molecule has 3 nitrogen and oxygen atoms in total. The topological polar surface area (TPSA) is 63.3 Å². The zero-order valence-electron chi connectivity index (χ0n) is 8.54. The van der Waals surface area contributed by atoms with Crippen molar-refractivity contribution in [3.8, 4) is 0 Å². The van der Waals surface area contributed by atoms with E-state index in [1.807, 2.05) is 0 Å². The Morgan fingerprint density at radius 1 is 1.43 bits per heavy atom. The van der Waals surface area contributed by atoms with Gasteiger partial charge < -0.3 is 10.8 Å². The van der Waals surface area contributed by atoms with Crippen LogP contribution in [-0.4, -0.2) is 17.6 Å². The van der Waals surface area contributed by atoms with Gasteiger partial charge in [-0.15, -0.1) is 0 Å². The van der Waals surface area contributed by atoms with E-state index < -0.39 is 5.97 Å². The van der Waals surface area contributed by atoms with E-state index in [1.54, 1.807) is 0 Å². The first-order valence-electron chi connectivity index (χ1n) is 5.60. The summed E-state index contributed by atoms with van der Waals surface area (Å²) in [6, 6.07) is 0. The molecule has 3 atom stereocenters. The third-order valence-electron chi connectivity index (χ3n) is 4.27. The lowest BCUT2D eigenvalue weighted by molar-refractivity contribution is -0.148. The van der Waals surface area contributed by atoms with Crippen LogP contribution in [0.25, 0.3) is 0 Å². The Balaban J connectivity index is 2.04. The SMILES string of the molecule is NC[C@@]1(CC(=O)O)CC2CCCC[C@@H]21. The molecular formula is C11H19NO2.